The highest BCUT2D eigenvalue weighted by Crippen LogP contribution is 2.23. The normalized spacial score (nSPS) is 13.2. The maximum Gasteiger partial charge on any atom is 0.255 e. The Kier molecular flexibility index (Phi) is 4.80. The van der Waals surface area contributed by atoms with E-state index in [-0.39, 0.29) is 11.8 Å². The number of anilines is 2. The number of ether oxygens (including phenoxy) is 1. The molecule has 0 aliphatic carbocycles. The molecule has 2 aromatic carbocycles. The van der Waals surface area contributed by atoms with Crippen molar-refractivity contribution in [3.8, 4) is 5.75 Å². The molecule has 1 aliphatic rings. The number of carbonyl (C=O) groups excluding carboxylic acids is 2. The van der Waals surface area contributed by atoms with E-state index in [1.54, 1.807) is 54.6 Å². The number of carbonyl (C=O) groups is 2. The van der Waals surface area contributed by atoms with Gasteiger partial charge in [-0.05, 0) is 42.0 Å². The summed E-state index contributed by atoms with van der Waals surface area (Å²) in [7, 11) is 1.60. The number of methoxy groups -OCH3 is 1. The van der Waals surface area contributed by atoms with Gasteiger partial charge in [0.2, 0.25) is 5.91 Å². The van der Waals surface area contributed by atoms with E-state index >= 15 is 0 Å². The molecule has 0 radical (unpaired) electrons. The maximum absolute atomic E-state index is 12.4. The lowest BCUT2D eigenvalue weighted by molar-refractivity contribution is -0.119. The number of hydrogen-bond acceptors (Lipinski definition) is 4. The number of nitrogens with zero attached hydrogens (tertiary/aromatic N) is 3. The van der Waals surface area contributed by atoms with Crippen LogP contribution in [0, 0.1) is 0 Å². The summed E-state index contributed by atoms with van der Waals surface area (Å²) in [6.45, 7) is 1.06. The van der Waals surface area contributed by atoms with Crippen molar-refractivity contribution in [2.45, 2.75) is 19.5 Å². The average molecular weight is 376 g/mol. The molecule has 2 amide bonds. The standard InChI is InChI=1S/C21H20N4O3/c1-28-18-8-6-17(7-9-18)23-21(27)16-4-2-15(3-5-16)14-24-19-10-12-22-25(19)13-11-20(24)26/h2-10,12H,11,13-14H2,1H3,(H,23,27). The maximum atomic E-state index is 12.4. The van der Waals surface area contributed by atoms with Gasteiger partial charge >= 0.3 is 0 Å². The largest absolute Gasteiger partial charge is 0.497 e. The van der Waals surface area contributed by atoms with Crippen molar-refractivity contribution >= 4 is 23.3 Å². The molecule has 2 heterocycles. The number of aryl methyl sites for hydroxylation is 1. The van der Waals surface area contributed by atoms with Crippen LogP contribution in [0.2, 0.25) is 0 Å². The highest BCUT2D eigenvalue weighted by molar-refractivity contribution is 6.04. The van der Waals surface area contributed by atoms with E-state index in [0.717, 1.165) is 17.1 Å². The second-order valence-corrected chi connectivity index (χ2v) is 6.52. The summed E-state index contributed by atoms with van der Waals surface area (Å²) in [5, 5.41) is 7.09. The molecular weight excluding hydrogens is 356 g/mol. The van der Waals surface area contributed by atoms with E-state index in [4.69, 9.17) is 4.74 Å². The quantitative estimate of drug-likeness (QED) is 0.742. The monoisotopic (exact) mass is 376 g/mol. The van der Waals surface area contributed by atoms with E-state index in [9.17, 15) is 9.59 Å². The molecule has 0 atom stereocenters. The van der Waals surface area contributed by atoms with E-state index in [2.05, 4.69) is 10.4 Å². The third-order valence-electron chi connectivity index (χ3n) is 4.71. The van der Waals surface area contributed by atoms with Crippen LogP contribution in [0.5, 0.6) is 5.75 Å². The summed E-state index contributed by atoms with van der Waals surface area (Å²) in [4.78, 5) is 26.5. The van der Waals surface area contributed by atoms with Crippen LogP contribution < -0.4 is 15.0 Å². The third-order valence-corrected chi connectivity index (χ3v) is 4.71. The van der Waals surface area contributed by atoms with Gasteiger partial charge in [-0.15, -0.1) is 0 Å². The van der Waals surface area contributed by atoms with Gasteiger partial charge in [0.1, 0.15) is 11.6 Å². The van der Waals surface area contributed by atoms with Crippen LogP contribution in [0.4, 0.5) is 11.5 Å². The van der Waals surface area contributed by atoms with Crippen molar-refractivity contribution in [3.05, 3.63) is 71.9 Å². The van der Waals surface area contributed by atoms with E-state index in [1.165, 1.54) is 0 Å². The molecule has 7 nitrogen and oxygen atoms in total. The van der Waals surface area contributed by atoms with Gasteiger partial charge in [0.25, 0.3) is 5.91 Å². The lowest BCUT2D eigenvalue weighted by Crippen LogP contribution is -2.36. The molecule has 3 aromatic rings. The predicted octanol–water partition coefficient (Wildman–Crippen LogP) is 3.08. The summed E-state index contributed by atoms with van der Waals surface area (Å²) in [5.41, 5.74) is 2.20. The van der Waals surface area contributed by atoms with Crippen LogP contribution in [0.1, 0.15) is 22.3 Å². The zero-order valence-electron chi connectivity index (χ0n) is 15.5. The van der Waals surface area contributed by atoms with Gasteiger partial charge in [0.05, 0.1) is 26.4 Å². The molecular formula is C21H20N4O3. The van der Waals surface area contributed by atoms with Gasteiger partial charge in [-0.25, -0.2) is 4.68 Å². The number of amides is 2. The Balaban J connectivity index is 1.44. The molecule has 142 valence electrons. The molecule has 4 rings (SSSR count). The second-order valence-electron chi connectivity index (χ2n) is 6.52. The zero-order chi connectivity index (χ0) is 19.5. The van der Waals surface area contributed by atoms with Crippen LogP contribution >= 0.6 is 0 Å². The third kappa shape index (κ3) is 3.59. The number of fused-ring (bicyclic) bond motifs is 1. The fourth-order valence-corrected chi connectivity index (χ4v) is 3.18. The first kappa shape index (κ1) is 17.8. The molecule has 28 heavy (non-hydrogen) atoms. The second kappa shape index (κ2) is 7.56. The Hall–Kier alpha value is -3.61. The molecule has 1 N–H and O–H groups in total. The molecule has 0 saturated carbocycles. The fraction of sp³-hybridized carbons (Fsp3) is 0.190. The van der Waals surface area contributed by atoms with Gasteiger partial charge in [-0.3, -0.25) is 14.5 Å². The molecule has 0 saturated heterocycles. The Bertz CT molecular complexity index is 993. The van der Waals surface area contributed by atoms with Crippen LogP contribution in [-0.2, 0) is 17.9 Å². The van der Waals surface area contributed by atoms with Crippen molar-refractivity contribution in [1.29, 1.82) is 0 Å². The van der Waals surface area contributed by atoms with Gasteiger partial charge in [0, 0.05) is 23.7 Å². The van der Waals surface area contributed by atoms with Crippen molar-refractivity contribution < 1.29 is 14.3 Å². The molecule has 0 fully saturated rings. The SMILES string of the molecule is COc1ccc(NC(=O)c2ccc(CN3C(=O)CCn4nccc43)cc2)cc1. The number of hydrogen-bond donors (Lipinski definition) is 1. The molecule has 1 aromatic heterocycles. The van der Waals surface area contributed by atoms with Crippen molar-refractivity contribution in [2.75, 3.05) is 17.3 Å². The molecule has 0 unspecified atom stereocenters. The molecule has 7 heteroatoms. The van der Waals surface area contributed by atoms with Crippen molar-refractivity contribution in [3.63, 3.8) is 0 Å². The van der Waals surface area contributed by atoms with Gasteiger partial charge < -0.3 is 10.1 Å². The van der Waals surface area contributed by atoms with Gasteiger partial charge in [-0.1, -0.05) is 12.1 Å². The first-order valence-corrected chi connectivity index (χ1v) is 9.00. The minimum Gasteiger partial charge on any atom is -0.497 e. The lowest BCUT2D eigenvalue weighted by Gasteiger charge is -2.27. The first-order valence-electron chi connectivity index (χ1n) is 9.00. The highest BCUT2D eigenvalue weighted by atomic mass is 16.5. The smallest absolute Gasteiger partial charge is 0.255 e. The predicted molar refractivity (Wildman–Crippen MR) is 105 cm³/mol. The Morgan fingerprint density at radius 3 is 2.57 bits per heavy atom. The Labute approximate surface area is 162 Å². The molecule has 0 bridgehead atoms. The van der Waals surface area contributed by atoms with Crippen LogP contribution in [-0.4, -0.2) is 28.7 Å². The highest BCUT2D eigenvalue weighted by Gasteiger charge is 2.24. The number of nitrogens with one attached hydrogen (secondary N) is 1. The summed E-state index contributed by atoms with van der Waals surface area (Å²) >= 11 is 0. The Morgan fingerprint density at radius 2 is 1.86 bits per heavy atom. The lowest BCUT2D eigenvalue weighted by atomic mass is 10.1. The minimum atomic E-state index is -0.191. The molecule has 1 aliphatic heterocycles. The number of aromatic nitrogens is 2. The van der Waals surface area contributed by atoms with Crippen LogP contribution in [0.15, 0.2) is 60.8 Å². The Morgan fingerprint density at radius 1 is 1.11 bits per heavy atom. The van der Waals surface area contributed by atoms with E-state index < -0.39 is 0 Å². The van der Waals surface area contributed by atoms with Crippen molar-refractivity contribution in [1.82, 2.24) is 9.78 Å². The van der Waals surface area contributed by atoms with E-state index in [1.807, 2.05) is 22.9 Å². The summed E-state index contributed by atoms with van der Waals surface area (Å²) in [6.07, 6.45) is 2.14. The van der Waals surface area contributed by atoms with E-state index in [0.29, 0.717) is 30.8 Å². The van der Waals surface area contributed by atoms with Crippen molar-refractivity contribution in [2.24, 2.45) is 0 Å². The minimum absolute atomic E-state index is 0.0781. The average Bonchev–Trinajstić information content (AvgIpc) is 3.20. The summed E-state index contributed by atoms with van der Waals surface area (Å²) in [6, 6.07) is 16.3. The number of benzene rings is 2. The summed E-state index contributed by atoms with van der Waals surface area (Å²) in [5.74, 6) is 1.42. The zero-order valence-corrected chi connectivity index (χ0v) is 15.5. The fourth-order valence-electron chi connectivity index (χ4n) is 3.18. The van der Waals surface area contributed by atoms with Gasteiger partial charge in [0.15, 0.2) is 0 Å². The van der Waals surface area contributed by atoms with Crippen LogP contribution in [0.25, 0.3) is 0 Å². The van der Waals surface area contributed by atoms with Crippen LogP contribution in [0.3, 0.4) is 0 Å². The topological polar surface area (TPSA) is 76.5 Å². The van der Waals surface area contributed by atoms with Gasteiger partial charge in [-0.2, -0.15) is 5.10 Å². The first-order chi connectivity index (χ1) is 13.6. The summed E-state index contributed by atoms with van der Waals surface area (Å²) < 4.78 is 6.94. The number of rotatable bonds is 5. The molecule has 0 spiro atoms.